The monoisotopic (exact) mass is 762 g/mol. The number of aliphatic hydroxyl groups excluding tert-OH is 1. The number of esters is 1. The van der Waals surface area contributed by atoms with Gasteiger partial charge in [-0.1, -0.05) is 11.8 Å². The van der Waals surface area contributed by atoms with Gasteiger partial charge in [-0.05, 0) is 19.8 Å². The minimum absolute atomic E-state index is 0.00209. The Morgan fingerprint density at radius 3 is 1.88 bits per heavy atom. The lowest BCUT2D eigenvalue weighted by Gasteiger charge is -2.22. The average molecular weight is 763 g/mol. The van der Waals surface area contributed by atoms with Crippen LogP contribution in [0.1, 0.15) is 39.5 Å². The molecule has 0 saturated heterocycles. The second-order valence-corrected chi connectivity index (χ2v) is 11.6. The molecule has 3 atom stereocenters. The fourth-order valence-electron chi connectivity index (χ4n) is 3.66. The molecule has 0 aromatic rings. The van der Waals surface area contributed by atoms with E-state index in [-0.39, 0.29) is 44.1 Å². The molecule has 52 heavy (non-hydrogen) atoms. The minimum atomic E-state index is -1.80. The summed E-state index contributed by atoms with van der Waals surface area (Å²) in [5.41, 5.74) is 10.5. The van der Waals surface area contributed by atoms with E-state index in [2.05, 4.69) is 42.2 Å². The molecular formula is C28H46N10O13S. The molecule has 0 unspecified atom stereocenters. The van der Waals surface area contributed by atoms with Gasteiger partial charge in [0.05, 0.1) is 52.2 Å². The molecule has 0 heterocycles. The van der Waals surface area contributed by atoms with Crippen molar-refractivity contribution in [2.75, 3.05) is 51.7 Å². The summed E-state index contributed by atoms with van der Waals surface area (Å²) in [5.74, 6) is -8.31. The summed E-state index contributed by atoms with van der Waals surface area (Å²) < 4.78 is 4.74. The SMILES string of the molecule is CCOC(=O)CCSC(=O)CNC(=O)CNC(=O)[C@H](CO)NC(=O)[C@H](CC(=O)O)NC(=O)CNC(=O)[C@H](CCCN=C(N)N)NC(=O)CNC(C)=O. The van der Waals surface area contributed by atoms with E-state index < -0.39 is 116 Å². The molecular weight excluding hydrogens is 716 g/mol. The van der Waals surface area contributed by atoms with E-state index in [1.165, 1.54) is 6.92 Å². The van der Waals surface area contributed by atoms with Crippen LogP contribution in [0.15, 0.2) is 4.99 Å². The van der Waals surface area contributed by atoms with Crippen molar-refractivity contribution in [3.05, 3.63) is 0 Å². The Kier molecular flexibility index (Phi) is 23.5. The molecule has 24 heteroatoms. The standard InChI is InChI=1S/C28H46N10O13S/c1-3-51-23(46)6-8-52-24(47)13-33-19(41)10-34-26(49)18(14-39)38-27(50)17(9-22(44)45)37-21(43)12-35-25(48)16(5-4-7-31-28(29)30)36-20(42)11-32-15(2)40/h16-18,39H,3-14H2,1-2H3,(H,32,40)(H,33,41)(H,34,49)(H,35,48)(H,36,42)(H,37,43)(H,38,50)(H,44,45)(H4,29,30,31)/t16-,17-,18-/m0/s1. The number of carboxylic acids is 1. The van der Waals surface area contributed by atoms with Crippen molar-refractivity contribution in [2.45, 2.75) is 57.7 Å². The maximum atomic E-state index is 12.8. The Labute approximate surface area is 301 Å². The van der Waals surface area contributed by atoms with Gasteiger partial charge in [-0.2, -0.15) is 0 Å². The number of hydrogen-bond donors (Lipinski definition) is 11. The Morgan fingerprint density at radius 2 is 1.33 bits per heavy atom. The maximum Gasteiger partial charge on any atom is 0.306 e. The van der Waals surface area contributed by atoms with Gasteiger partial charge >= 0.3 is 11.9 Å². The summed E-state index contributed by atoms with van der Waals surface area (Å²) in [6.07, 6.45) is -0.773. The highest BCUT2D eigenvalue weighted by Gasteiger charge is 2.29. The first-order valence-corrected chi connectivity index (χ1v) is 16.6. The highest BCUT2D eigenvalue weighted by molar-refractivity contribution is 8.13. The van der Waals surface area contributed by atoms with Crippen LogP contribution < -0.4 is 48.7 Å². The van der Waals surface area contributed by atoms with Gasteiger partial charge in [0.2, 0.25) is 46.5 Å². The molecule has 292 valence electrons. The van der Waals surface area contributed by atoms with Crippen molar-refractivity contribution in [1.82, 2.24) is 37.2 Å². The number of nitrogens with zero attached hydrogens (tertiary/aromatic N) is 1. The van der Waals surface area contributed by atoms with E-state index >= 15 is 0 Å². The number of carboxylic acid groups (broad SMARTS) is 1. The second kappa shape index (κ2) is 26.3. The normalized spacial score (nSPS) is 12.0. The maximum absolute atomic E-state index is 12.8. The van der Waals surface area contributed by atoms with Crippen molar-refractivity contribution in [1.29, 1.82) is 0 Å². The van der Waals surface area contributed by atoms with Crippen LogP contribution in [0.3, 0.4) is 0 Å². The van der Waals surface area contributed by atoms with Gasteiger partial charge < -0.3 is 63.6 Å². The fourth-order valence-corrected chi connectivity index (χ4v) is 4.34. The third-order valence-corrected chi connectivity index (χ3v) is 6.97. The number of nitrogens with one attached hydrogen (secondary N) is 7. The van der Waals surface area contributed by atoms with E-state index in [1.54, 1.807) is 6.92 Å². The van der Waals surface area contributed by atoms with Crippen LogP contribution >= 0.6 is 11.8 Å². The third-order valence-electron chi connectivity index (χ3n) is 6.09. The Bertz CT molecular complexity index is 1330. The van der Waals surface area contributed by atoms with Gasteiger partial charge in [0.1, 0.15) is 18.1 Å². The molecule has 0 aromatic carbocycles. The van der Waals surface area contributed by atoms with Gasteiger partial charge in [-0.3, -0.25) is 52.9 Å². The van der Waals surface area contributed by atoms with E-state index in [9.17, 15) is 58.2 Å². The molecule has 23 nitrogen and oxygen atoms in total. The summed E-state index contributed by atoms with van der Waals surface area (Å²) in [6, 6.07) is -4.71. The predicted octanol–water partition coefficient (Wildman–Crippen LogP) is -6.34. The van der Waals surface area contributed by atoms with Gasteiger partial charge in [0.15, 0.2) is 5.96 Å². The number of aliphatic hydroxyl groups is 1. The van der Waals surface area contributed by atoms with Crippen molar-refractivity contribution in [3.63, 3.8) is 0 Å². The second-order valence-electron chi connectivity index (χ2n) is 10.4. The first-order chi connectivity index (χ1) is 24.5. The summed E-state index contributed by atoms with van der Waals surface area (Å²) in [4.78, 5) is 124. The fraction of sp³-hybridized carbons (Fsp3) is 0.607. The molecule has 7 amide bonds. The topological polar surface area (TPSA) is 369 Å². The number of guanidine groups is 1. The van der Waals surface area contributed by atoms with Gasteiger partial charge in [-0.25, -0.2) is 0 Å². The molecule has 0 bridgehead atoms. The zero-order chi connectivity index (χ0) is 39.6. The number of thioether (sulfide) groups is 1. The zero-order valence-electron chi connectivity index (χ0n) is 28.6. The Hall–Kier alpha value is -5.52. The van der Waals surface area contributed by atoms with Crippen LogP contribution in [0.5, 0.6) is 0 Å². The largest absolute Gasteiger partial charge is 0.481 e. The molecule has 0 fully saturated rings. The molecule has 13 N–H and O–H groups in total. The Balaban J connectivity index is 5.13. The Morgan fingerprint density at radius 1 is 0.750 bits per heavy atom. The van der Waals surface area contributed by atoms with Crippen LogP contribution in [-0.4, -0.2) is 144 Å². The first-order valence-electron chi connectivity index (χ1n) is 15.6. The predicted molar refractivity (Wildman–Crippen MR) is 181 cm³/mol. The lowest BCUT2D eigenvalue weighted by molar-refractivity contribution is -0.143. The average Bonchev–Trinajstić information content (AvgIpc) is 3.07. The first kappa shape index (κ1) is 46.5. The van der Waals surface area contributed by atoms with E-state index in [0.717, 1.165) is 11.8 Å². The quantitative estimate of drug-likeness (QED) is 0.0178. The van der Waals surface area contributed by atoms with Crippen molar-refractivity contribution < 1.29 is 62.9 Å². The number of nitrogens with two attached hydrogens (primary N) is 2. The van der Waals surface area contributed by atoms with Crippen LogP contribution in [0, 0.1) is 0 Å². The number of rotatable bonds is 25. The van der Waals surface area contributed by atoms with Gasteiger partial charge in [0.25, 0.3) is 0 Å². The highest BCUT2D eigenvalue weighted by Crippen LogP contribution is 2.04. The van der Waals surface area contributed by atoms with Crippen molar-refractivity contribution in [3.8, 4) is 0 Å². The number of aliphatic imine (C=N–C) groups is 1. The number of amides is 7. The number of carbonyl (C=O) groups is 10. The van der Waals surface area contributed by atoms with Crippen LogP contribution in [-0.2, 0) is 52.7 Å². The van der Waals surface area contributed by atoms with E-state index in [4.69, 9.17) is 16.2 Å². The molecule has 0 aliphatic carbocycles. The van der Waals surface area contributed by atoms with Gasteiger partial charge in [-0.15, -0.1) is 0 Å². The van der Waals surface area contributed by atoms with E-state index in [0.29, 0.717) is 0 Å². The number of ether oxygens (including phenoxy) is 1. The van der Waals surface area contributed by atoms with Crippen LogP contribution in [0.4, 0.5) is 0 Å². The summed E-state index contributed by atoms with van der Waals surface area (Å²) in [7, 11) is 0. The smallest absolute Gasteiger partial charge is 0.306 e. The molecule has 0 aliphatic heterocycles. The molecule has 0 rings (SSSR count). The lowest BCUT2D eigenvalue weighted by Crippen LogP contribution is -2.57. The summed E-state index contributed by atoms with van der Waals surface area (Å²) in [6.45, 7) is -0.234. The van der Waals surface area contributed by atoms with Crippen LogP contribution in [0.25, 0.3) is 0 Å². The van der Waals surface area contributed by atoms with Crippen molar-refractivity contribution >= 4 is 76.1 Å². The van der Waals surface area contributed by atoms with E-state index in [1.807, 2.05) is 0 Å². The lowest BCUT2D eigenvalue weighted by atomic mass is 10.1. The third kappa shape index (κ3) is 23.0. The van der Waals surface area contributed by atoms with Crippen LogP contribution in [0.2, 0.25) is 0 Å². The number of aliphatic carboxylic acids is 1. The summed E-state index contributed by atoms with van der Waals surface area (Å²) >= 11 is 0.785. The van der Waals surface area contributed by atoms with Crippen molar-refractivity contribution in [2.24, 2.45) is 16.5 Å². The molecule has 0 radical (unpaired) electrons. The van der Waals surface area contributed by atoms with Gasteiger partial charge in [0, 0.05) is 19.2 Å². The molecule has 0 spiro atoms. The molecule has 0 aliphatic rings. The summed E-state index contributed by atoms with van der Waals surface area (Å²) in [5, 5.41) is 33.8. The minimum Gasteiger partial charge on any atom is -0.481 e. The number of carbonyl (C=O) groups excluding carboxylic acids is 9. The molecule has 0 saturated carbocycles. The number of hydrogen-bond acceptors (Lipinski definition) is 14. The molecule has 0 aromatic heterocycles. The highest BCUT2D eigenvalue weighted by atomic mass is 32.2. The zero-order valence-corrected chi connectivity index (χ0v) is 29.4.